The van der Waals surface area contributed by atoms with Gasteiger partial charge in [-0.15, -0.1) is 0 Å². The van der Waals surface area contributed by atoms with Gasteiger partial charge < -0.3 is 25.0 Å². The van der Waals surface area contributed by atoms with Crippen molar-refractivity contribution in [1.29, 1.82) is 0 Å². The lowest BCUT2D eigenvalue weighted by Gasteiger charge is -2.40. The van der Waals surface area contributed by atoms with Crippen molar-refractivity contribution >= 4 is 17.6 Å². The molecule has 7 heteroatoms. The fourth-order valence-electron chi connectivity index (χ4n) is 5.46. The number of aromatic hydroxyl groups is 1. The first-order chi connectivity index (χ1) is 18.4. The van der Waals surface area contributed by atoms with Crippen LogP contribution in [0.1, 0.15) is 97.7 Å². The number of carboxylic acids is 1. The van der Waals surface area contributed by atoms with Crippen molar-refractivity contribution in [3.63, 3.8) is 0 Å². The normalized spacial score (nSPS) is 20.4. The Hall–Kier alpha value is -3.58. The summed E-state index contributed by atoms with van der Waals surface area (Å²) in [6.07, 6.45) is 7.68. The molecule has 2 aromatic rings. The van der Waals surface area contributed by atoms with Crippen LogP contribution in [0, 0.1) is 0 Å². The number of rotatable bonds is 9. The number of fused-ring (bicyclic) bond motifs is 3. The molecule has 39 heavy (non-hydrogen) atoms. The summed E-state index contributed by atoms with van der Waals surface area (Å²) in [6, 6.07) is 6.36. The van der Waals surface area contributed by atoms with Gasteiger partial charge in [0.25, 0.3) is 5.91 Å². The second kappa shape index (κ2) is 11.3. The van der Waals surface area contributed by atoms with Crippen LogP contribution in [0.15, 0.2) is 47.6 Å². The van der Waals surface area contributed by atoms with Crippen molar-refractivity contribution in [1.82, 2.24) is 0 Å². The molecule has 0 saturated heterocycles. The Morgan fingerprint density at radius 3 is 2.56 bits per heavy atom. The summed E-state index contributed by atoms with van der Waals surface area (Å²) in [5, 5.41) is 31.3. The van der Waals surface area contributed by atoms with Gasteiger partial charge in [0.05, 0.1) is 23.8 Å². The molecular formula is C32H39NO6. The van der Waals surface area contributed by atoms with E-state index in [0.717, 1.165) is 19.3 Å². The maximum atomic E-state index is 13.4. The van der Waals surface area contributed by atoms with E-state index in [4.69, 9.17) is 4.74 Å². The summed E-state index contributed by atoms with van der Waals surface area (Å²) in [7, 11) is 0. The van der Waals surface area contributed by atoms with Crippen molar-refractivity contribution in [3.05, 3.63) is 75.4 Å². The van der Waals surface area contributed by atoms with Crippen LogP contribution < -0.4 is 9.64 Å². The van der Waals surface area contributed by atoms with Gasteiger partial charge in [0, 0.05) is 23.2 Å². The smallest absolute Gasteiger partial charge is 0.335 e. The monoisotopic (exact) mass is 533 g/mol. The molecule has 0 radical (unpaired) electrons. The molecule has 2 aromatic carbocycles. The lowest BCUT2D eigenvalue weighted by atomic mass is 9.84. The molecule has 2 heterocycles. The number of carbonyl (C=O) groups excluding carboxylic acids is 1. The van der Waals surface area contributed by atoms with E-state index in [1.54, 1.807) is 17.0 Å². The SMILES string of the molecule is CCc1cc(N2Cc3c(cc(O)c4c3OC(C)(CCC=C(C)CCC=C(C)C)C(O)C4)C2=O)ccc1C(=O)O. The molecule has 0 bridgehead atoms. The summed E-state index contributed by atoms with van der Waals surface area (Å²) < 4.78 is 6.47. The molecule has 1 amide bonds. The topological polar surface area (TPSA) is 107 Å². The first-order valence-corrected chi connectivity index (χ1v) is 13.7. The molecule has 2 aliphatic heterocycles. The molecule has 2 aliphatic rings. The first-order valence-electron chi connectivity index (χ1n) is 13.7. The summed E-state index contributed by atoms with van der Waals surface area (Å²) in [5.74, 6) is -0.876. The highest BCUT2D eigenvalue weighted by molar-refractivity contribution is 6.11. The number of aliphatic hydroxyl groups excluding tert-OH is 1. The molecule has 2 unspecified atom stereocenters. The molecule has 0 spiro atoms. The number of ether oxygens (including phenoxy) is 1. The van der Waals surface area contributed by atoms with Gasteiger partial charge >= 0.3 is 5.97 Å². The van der Waals surface area contributed by atoms with Crippen LogP contribution in [0.5, 0.6) is 11.5 Å². The van der Waals surface area contributed by atoms with Crippen molar-refractivity contribution in [2.45, 2.75) is 91.4 Å². The minimum atomic E-state index is -1.00. The maximum absolute atomic E-state index is 13.4. The van der Waals surface area contributed by atoms with Crippen molar-refractivity contribution in [3.8, 4) is 11.5 Å². The van der Waals surface area contributed by atoms with Gasteiger partial charge in [-0.05, 0) is 89.6 Å². The van der Waals surface area contributed by atoms with Crippen molar-refractivity contribution in [2.24, 2.45) is 0 Å². The molecular weight excluding hydrogens is 494 g/mol. The minimum absolute atomic E-state index is 0.0643. The number of hydrogen-bond acceptors (Lipinski definition) is 5. The summed E-state index contributed by atoms with van der Waals surface area (Å²) in [6.45, 7) is 10.3. The largest absolute Gasteiger partial charge is 0.508 e. The average molecular weight is 534 g/mol. The van der Waals surface area contributed by atoms with E-state index in [1.807, 2.05) is 13.8 Å². The lowest BCUT2D eigenvalue weighted by Crippen LogP contribution is -2.49. The maximum Gasteiger partial charge on any atom is 0.335 e. The predicted molar refractivity (Wildman–Crippen MR) is 152 cm³/mol. The van der Waals surface area contributed by atoms with Crippen LogP contribution >= 0.6 is 0 Å². The number of aliphatic hydroxyl groups is 1. The number of phenolic OH excluding ortho intramolecular Hbond substituents is 1. The van der Waals surface area contributed by atoms with E-state index >= 15 is 0 Å². The second-order valence-corrected chi connectivity index (χ2v) is 11.2. The number of aryl methyl sites for hydroxylation is 1. The van der Waals surface area contributed by atoms with Gasteiger partial charge in [0.2, 0.25) is 0 Å². The van der Waals surface area contributed by atoms with Crippen LogP contribution in [-0.2, 0) is 19.4 Å². The quantitative estimate of drug-likeness (QED) is 0.325. The number of hydrogen-bond donors (Lipinski definition) is 3. The Kier molecular flexibility index (Phi) is 8.21. The summed E-state index contributed by atoms with van der Waals surface area (Å²) >= 11 is 0. The lowest BCUT2D eigenvalue weighted by molar-refractivity contribution is -0.0597. The number of nitrogens with zero attached hydrogens (tertiary/aromatic N) is 1. The molecule has 0 aliphatic carbocycles. The number of phenols is 1. The fraction of sp³-hybridized carbons (Fsp3) is 0.438. The number of benzene rings is 2. The molecule has 2 atom stereocenters. The van der Waals surface area contributed by atoms with E-state index in [9.17, 15) is 24.9 Å². The van der Waals surface area contributed by atoms with Crippen LogP contribution in [0.4, 0.5) is 5.69 Å². The number of allylic oxidation sites excluding steroid dienone is 4. The van der Waals surface area contributed by atoms with Crippen molar-refractivity contribution < 1.29 is 29.6 Å². The molecule has 208 valence electrons. The highest BCUT2D eigenvalue weighted by Gasteiger charge is 2.44. The molecule has 7 nitrogen and oxygen atoms in total. The highest BCUT2D eigenvalue weighted by Crippen LogP contribution is 2.47. The standard InChI is InChI=1S/C32H39NO6/c1-6-21-15-22(12-13-23(21)31(37)38)33-18-26-24(30(33)36)16-27(34)25-17-28(35)32(5,39-29(25)26)14-8-11-20(4)10-7-9-19(2)3/h9,11-13,15-16,28,34-35H,6-8,10,14,17-18H2,1-5H3,(H,37,38). The number of carboxylic acid groups (broad SMARTS) is 1. The highest BCUT2D eigenvalue weighted by atomic mass is 16.5. The van der Waals surface area contributed by atoms with E-state index in [1.165, 1.54) is 23.3 Å². The number of aromatic carboxylic acids is 1. The zero-order valence-corrected chi connectivity index (χ0v) is 23.5. The van der Waals surface area contributed by atoms with E-state index in [-0.39, 0.29) is 30.2 Å². The zero-order chi connectivity index (χ0) is 28.5. The van der Waals surface area contributed by atoms with Crippen LogP contribution in [0.25, 0.3) is 0 Å². The number of anilines is 1. The third kappa shape index (κ3) is 5.74. The van der Waals surface area contributed by atoms with Crippen LogP contribution in [0.2, 0.25) is 0 Å². The van der Waals surface area contributed by atoms with Gasteiger partial charge in [0.1, 0.15) is 17.1 Å². The second-order valence-electron chi connectivity index (χ2n) is 11.2. The van der Waals surface area contributed by atoms with Crippen LogP contribution in [-0.4, -0.2) is 38.9 Å². The fourth-order valence-corrected chi connectivity index (χ4v) is 5.46. The Balaban J connectivity index is 1.58. The summed E-state index contributed by atoms with van der Waals surface area (Å²) in [5.41, 5.74) is 4.74. The third-order valence-corrected chi connectivity index (χ3v) is 7.93. The zero-order valence-electron chi connectivity index (χ0n) is 23.5. The van der Waals surface area contributed by atoms with Gasteiger partial charge in [-0.25, -0.2) is 4.79 Å². The number of amides is 1. The van der Waals surface area contributed by atoms with Gasteiger partial charge in [-0.1, -0.05) is 30.2 Å². The Labute approximate surface area is 230 Å². The van der Waals surface area contributed by atoms with Gasteiger partial charge in [-0.3, -0.25) is 4.79 Å². The molecule has 0 aromatic heterocycles. The van der Waals surface area contributed by atoms with Crippen molar-refractivity contribution in [2.75, 3.05) is 4.90 Å². The van der Waals surface area contributed by atoms with E-state index in [0.29, 0.717) is 46.5 Å². The van der Waals surface area contributed by atoms with E-state index < -0.39 is 17.7 Å². The Bertz CT molecular complexity index is 1350. The molecule has 4 rings (SSSR count). The molecule has 3 N–H and O–H groups in total. The average Bonchev–Trinajstić information content (AvgIpc) is 3.20. The van der Waals surface area contributed by atoms with Gasteiger partial charge in [0.15, 0.2) is 0 Å². The van der Waals surface area contributed by atoms with Crippen LogP contribution in [0.3, 0.4) is 0 Å². The molecule has 0 fully saturated rings. The van der Waals surface area contributed by atoms with Gasteiger partial charge in [-0.2, -0.15) is 0 Å². The first kappa shape index (κ1) is 28.4. The Morgan fingerprint density at radius 1 is 1.15 bits per heavy atom. The summed E-state index contributed by atoms with van der Waals surface area (Å²) in [4.78, 5) is 26.6. The predicted octanol–water partition coefficient (Wildman–Crippen LogP) is 6.34. The number of carbonyl (C=O) groups is 2. The minimum Gasteiger partial charge on any atom is -0.508 e. The third-order valence-electron chi connectivity index (χ3n) is 7.93. The van der Waals surface area contributed by atoms with E-state index in [2.05, 4.69) is 32.9 Å². The Morgan fingerprint density at radius 2 is 1.90 bits per heavy atom. The molecule has 0 saturated carbocycles.